The molecule has 0 aliphatic rings. The molecule has 0 bridgehead atoms. The number of hydrogen-bond acceptors (Lipinski definition) is 2. The fourth-order valence-corrected chi connectivity index (χ4v) is 0. The van der Waals surface area contributed by atoms with E-state index in [-0.39, 0.29) is 6.15 Å². The summed E-state index contributed by atoms with van der Waals surface area (Å²) < 4.78 is 0. The lowest BCUT2D eigenvalue weighted by molar-refractivity contribution is 1.14. The molecule has 0 radical (unpaired) electrons. The average Bonchev–Trinajstić information content (AvgIpc) is 1.37. The summed E-state index contributed by atoms with van der Waals surface area (Å²) in [5.74, 6) is 0.569. The summed E-state index contributed by atoms with van der Waals surface area (Å²) in [6.45, 7) is 0.585. The Morgan fingerprint density at radius 2 is 1.80 bits per heavy atom. The Balaban J connectivity index is 0. The lowest BCUT2D eigenvalue weighted by Crippen LogP contribution is -1.97. The highest BCUT2D eigenvalue weighted by Crippen LogP contribution is 1.60. The Morgan fingerprint density at radius 1 is 1.60 bits per heavy atom. The minimum Gasteiger partial charge on any atom is -0.344 e. The van der Waals surface area contributed by atoms with Crippen LogP contribution in [0.5, 0.6) is 0 Å². The molecule has 0 fully saturated rings. The van der Waals surface area contributed by atoms with Gasteiger partial charge in [-0.3, -0.25) is 0 Å². The first-order valence-electron chi connectivity index (χ1n) is 1.18. The van der Waals surface area contributed by atoms with Crippen LogP contribution in [0.25, 0.3) is 0 Å². The molecule has 0 aliphatic heterocycles. The third kappa shape index (κ3) is 14.0. The summed E-state index contributed by atoms with van der Waals surface area (Å²) in [5, 5.41) is 0. The van der Waals surface area contributed by atoms with Gasteiger partial charge in [0.2, 0.25) is 0 Å². The van der Waals surface area contributed by atoms with E-state index in [0.29, 0.717) is 12.4 Å². The Morgan fingerprint density at radius 3 is 1.80 bits per heavy atom. The van der Waals surface area contributed by atoms with Crippen molar-refractivity contribution in [1.82, 2.24) is 6.15 Å². The second-order valence-corrected chi connectivity index (χ2v) is 0.856. The molecule has 0 aromatic carbocycles. The fourth-order valence-electron chi connectivity index (χ4n) is 0. The van der Waals surface area contributed by atoms with E-state index >= 15 is 0 Å². The Hall–Kier alpha value is 0.210. The first-order chi connectivity index (χ1) is 1.91. The summed E-state index contributed by atoms with van der Waals surface area (Å²) in [7, 11) is 0. The van der Waals surface area contributed by atoms with Gasteiger partial charge in [-0.05, 0) is 0 Å². The normalized spacial score (nSPS) is 6.00. The van der Waals surface area contributed by atoms with Gasteiger partial charge in [0.1, 0.15) is 0 Å². The van der Waals surface area contributed by atoms with E-state index in [1.165, 1.54) is 0 Å². The maximum atomic E-state index is 5.06. The van der Waals surface area contributed by atoms with Gasteiger partial charge in [-0.25, -0.2) is 0 Å². The van der Waals surface area contributed by atoms with Gasteiger partial charge in [0, 0.05) is 12.4 Å². The maximum Gasteiger partial charge on any atom is 0.0346 e. The van der Waals surface area contributed by atoms with Gasteiger partial charge in [0.15, 0.2) is 0 Å². The van der Waals surface area contributed by atoms with E-state index in [4.69, 9.17) is 17.3 Å². The number of rotatable bonds is 1. The first kappa shape index (κ1) is 8.96. The highest BCUT2D eigenvalue weighted by atomic mass is 35.5. The van der Waals surface area contributed by atoms with E-state index in [2.05, 4.69) is 0 Å². The number of nitrogens with two attached hydrogens (primary N) is 1. The lowest BCUT2D eigenvalue weighted by atomic mass is 10.8. The molecule has 34 valence electrons. The summed E-state index contributed by atoms with van der Waals surface area (Å²) >= 11 is 5.06. The summed E-state index contributed by atoms with van der Waals surface area (Å²) in [6, 6.07) is 0. The molecule has 0 heterocycles. The van der Waals surface area contributed by atoms with Crippen molar-refractivity contribution in [3.63, 3.8) is 0 Å². The monoisotopic (exact) mass is 96.0 g/mol. The second-order valence-electron chi connectivity index (χ2n) is 0.478. The number of alkyl halides is 1. The highest BCUT2D eigenvalue weighted by molar-refractivity contribution is 6.18. The van der Waals surface area contributed by atoms with E-state index < -0.39 is 0 Å². The molecule has 3 heteroatoms. The molecule has 0 atom stereocenters. The Bertz CT molecular complexity index is 9.61. The van der Waals surface area contributed by atoms with Crippen LogP contribution in [0.2, 0.25) is 0 Å². The minimum atomic E-state index is 0. The van der Waals surface area contributed by atoms with Crippen LogP contribution in [0.4, 0.5) is 0 Å². The van der Waals surface area contributed by atoms with Crippen LogP contribution >= 0.6 is 11.6 Å². The summed E-state index contributed by atoms with van der Waals surface area (Å²) in [6.07, 6.45) is 0. The SMILES string of the molecule is N.NCCCl. The minimum absolute atomic E-state index is 0. The summed E-state index contributed by atoms with van der Waals surface area (Å²) in [5.41, 5.74) is 4.90. The first-order valence-corrected chi connectivity index (χ1v) is 1.71. The van der Waals surface area contributed by atoms with Crippen LogP contribution < -0.4 is 11.9 Å². The Labute approximate surface area is 36.9 Å². The van der Waals surface area contributed by atoms with Gasteiger partial charge in [-0.1, -0.05) is 0 Å². The zero-order valence-corrected chi connectivity index (χ0v) is 3.83. The lowest BCUT2D eigenvalue weighted by Gasteiger charge is -1.68. The molecule has 5 heavy (non-hydrogen) atoms. The number of halogens is 1. The van der Waals surface area contributed by atoms with Crippen LogP contribution in [0, 0.1) is 0 Å². The molecule has 0 amide bonds. The topological polar surface area (TPSA) is 61.0 Å². The van der Waals surface area contributed by atoms with E-state index in [0.717, 1.165) is 0 Å². The van der Waals surface area contributed by atoms with Crippen LogP contribution in [0.1, 0.15) is 0 Å². The predicted octanol–water partition coefficient (Wildman–Crippen LogP) is 0.346. The largest absolute Gasteiger partial charge is 0.344 e. The fraction of sp³-hybridized carbons (Fsp3) is 1.00. The van der Waals surface area contributed by atoms with Crippen molar-refractivity contribution in [3.05, 3.63) is 0 Å². The predicted molar refractivity (Wildman–Crippen MR) is 24.8 cm³/mol. The van der Waals surface area contributed by atoms with Crippen molar-refractivity contribution in [2.45, 2.75) is 0 Å². The van der Waals surface area contributed by atoms with Gasteiger partial charge in [0.25, 0.3) is 0 Å². The standard InChI is InChI=1S/C2H6ClN.H3N/c3-1-2-4;/h1-2,4H2;1H3. The van der Waals surface area contributed by atoms with Crippen LogP contribution in [-0.2, 0) is 0 Å². The van der Waals surface area contributed by atoms with Gasteiger partial charge < -0.3 is 11.9 Å². The van der Waals surface area contributed by atoms with Crippen molar-refractivity contribution in [2.24, 2.45) is 5.73 Å². The van der Waals surface area contributed by atoms with Crippen LogP contribution in [0.3, 0.4) is 0 Å². The molecular formula is C2H9ClN2. The highest BCUT2D eigenvalue weighted by Gasteiger charge is 1.58. The van der Waals surface area contributed by atoms with Crippen molar-refractivity contribution < 1.29 is 0 Å². The number of hydrogen-bond donors (Lipinski definition) is 2. The van der Waals surface area contributed by atoms with Crippen molar-refractivity contribution >= 4 is 11.6 Å². The van der Waals surface area contributed by atoms with Gasteiger partial charge in [0.05, 0.1) is 0 Å². The molecule has 0 aromatic heterocycles. The van der Waals surface area contributed by atoms with Crippen molar-refractivity contribution in [1.29, 1.82) is 0 Å². The Kier molecular flexibility index (Phi) is 15.9. The van der Waals surface area contributed by atoms with Crippen molar-refractivity contribution in [3.8, 4) is 0 Å². The molecule has 2 nitrogen and oxygen atoms in total. The molecule has 5 N–H and O–H groups in total. The molecule has 0 unspecified atom stereocenters. The van der Waals surface area contributed by atoms with Gasteiger partial charge >= 0.3 is 0 Å². The van der Waals surface area contributed by atoms with E-state index in [9.17, 15) is 0 Å². The molecule has 0 rings (SSSR count). The van der Waals surface area contributed by atoms with E-state index in [1.54, 1.807) is 0 Å². The molecule has 0 aromatic rings. The zero-order valence-electron chi connectivity index (χ0n) is 3.08. The van der Waals surface area contributed by atoms with Gasteiger partial charge in [-0.15, -0.1) is 11.6 Å². The smallest absolute Gasteiger partial charge is 0.0346 e. The second kappa shape index (κ2) is 8.88. The maximum absolute atomic E-state index is 5.06. The molecule has 0 saturated heterocycles. The van der Waals surface area contributed by atoms with Crippen LogP contribution in [0.15, 0.2) is 0 Å². The zero-order chi connectivity index (χ0) is 3.41. The van der Waals surface area contributed by atoms with Gasteiger partial charge in [-0.2, -0.15) is 0 Å². The van der Waals surface area contributed by atoms with Crippen LogP contribution in [-0.4, -0.2) is 12.4 Å². The third-order valence-corrected chi connectivity index (χ3v) is 0.327. The third-order valence-electron chi connectivity index (χ3n) is 0.109. The molecular weight excluding hydrogens is 87.5 g/mol. The molecule has 0 saturated carbocycles. The summed E-state index contributed by atoms with van der Waals surface area (Å²) in [4.78, 5) is 0. The van der Waals surface area contributed by atoms with Crippen molar-refractivity contribution in [2.75, 3.05) is 12.4 Å². The average molecular weight is 96.6 g/mol. The molecule has 0 aliphatic carbocycles. The molecule has 0 spiro atoms. The van der Waals surface area contributed by atoms with E-state index in [1.807, 2.05) is 0 Å². The quantitative estimate of drug-likeness (QED) is 0.463.